The highest BCUT2D eigenvalue weighted by Gasteiger charge is 2.21. The van der Waals surface area contributed by atoms with Crippen LogP contribution in [-0.4, -0.2) is 50.3 Å². The Balaban J connectivity index is 2.13. The van der Waals surface area contributed by atoms with Crippen molar-refractivity contribution in [3.8, 4) is 11.5 Å². The van der Waals surface area contributed by atoms with Gasteiger partial charge in [0.25, 0.3) is 10.1 Å². The lowest BCUT2D eigenvalue weighted by atomic mass is 10.0. The van der Waals surface area contributed by atoms with Gasteiger partial charge < -0.3 is 18.9 Å². The predicted molar refractivity (Wildman–Crippen MR) is 134 cm³/mol. The molecule has 0 bridgehead atoms. The van der Waals surface area contributed by atoms with Gasteiger partial charge in [-0.1, -0.05) is 37.4 Å². The van der Waals surface area contributed by atoms with Crippen LogP contribution < -0.4 is 9.47 Å². The van der Waals surface area contributed by atoms with Gasteiger partial charge in [0.15, 0.2) is 0 Å². The molecule has 2 atom stereocenters. The smallest absolute Gasteiger partial charge is 0.330 e. The standard InChI is InChI=1S/C26H26O9S/c1-5-23(27)34-16(3)14-32-25-19-9-7-8-10-20(19)26(33-15-17(4)35-24(28)6-2)22-13-18(36(29,30)31)11-12-21(22)25/h5-13,16-17H,1-2,14-15H2,3-4H3,(H,29,30,31). The van der Waals surface area contributed by atoms with Gasteiger partial charge in [-0.25, -0.2) is 9.59 Å². The molecule has 10 heteroatoms. The molecule has 0 aliphatic rings. The molecule has 0 heterocycles. The van der Waals surface area contributed by atoms with Gasteiger partial charge in [-0.05, 0) is 32.0 Å². The van der Waals surface area contributed by atoms with E-state index in [0.29, 0.717) is 33.0 Å². The van der Waals surface area contributed by atoms with E-state index in [-0.39, 0.29) is 18.1 Å². The van der Waals surface area contributed by atoms with E-state index < -0.39 is 34.3 Å². The van der Waals surface area contributed by atoms with Gasteiger partial charge in [-0.3, -0.25) is 4.55 Å². The summed E-state index contributed by atoms with van der Waals surface area (Å²) in [6.07, 6.45) is 0.861. The van der Waals surface area contributed by atoms with Crippen molar-refractivity contribution in [2.75, 3.05) is 13.2 Å². The summed E-state index contributed by atoms with van der Waals surface area (Å²) < 4.78 is 55.8. The topological polar surface area (TPSA) is 125 Å². The Bertz CT molecular complexity index is 1430. The Morgan fingerprint density at radius 1 is 0.833 bits per heavy atom. The van der Waals surface area contributed by atoms with Gasteiger partial charge in [0.2, 0.25) is 0 Å². The van der Waals surface area contributed by atoms with E-state index in [1.807, 2.05) is 0 Å². The van der Waals surface area contributed by atoms with Crippen LogP contribution in [0.1, 0.15) is 13.8 Å². The summed E-state index contributed by atoms with van der Waals surface area (Å²) in [6.45, 7) is 10.0. The fourth-order valence-electron chi connectivity index (χ4n) is 3.51. The van der Waals surface area contributed by atoms with E-state index in [1.165, 1.54) is 18.2 Å². The van der Waals surface area contributed by atoms with Crippen LogP contribution in [-0.2, 0) is 29.2 Å². The van der Waals surface area contributed by atoms with Gasteiger partial charge in [-0.15, -0.1) is 0 Å². The van der Waals surface area contributed by atoms with Crippen molar-refractivity contribution in [1.29, 1.82) is 0 Å². The molecule has 3 rings (SSSR count). The SMILES string of the molecule is C=CC(=O)OC(C)COc1c2ccccc2c(OCC(C)OC(=O)C=C)c2cc(S(=O)(=O)O)ccc12. The molecule has 3 aromatic rings. The first-order chi connectivity index (χ1) is 17.0. The quantitative estimate of drug-likeness (QED) is 0.173. The molecule has 36 heavy (non-hydrogen) atoms. The zero-order valence-corrected chi connectivity index (χ0v) is 20.6. The number of hydrogen-bond acceptors (Lipinski definition) is 8. The Morgan fingerprint density at radius 3 is 1.72 bits per heavy atom. The molecular weight excluding hydrogens is 488 g/mol. The molecule has 0 radical (unpaired) electrons. The first-order valence-electron chi connectivity index (χ1n) is 10.9. The number of rotatable bonds is 11. The maximum absolute atomic E-state index is 11.9. The van der Waals surface area contributed by atoms with E-state index in [1.54, 1.807) is 38.1 Å². The van der Waals surface area contributed by atoms with Gasteiger partial charge in [0.1, 0.15) is 36.9 Å². The van der Waals surface area contributed by atoms with Gasteiger partial charge in [0, 0.05) is 33.7 Å². The highest BCUT2D eigenvalue weighted by atomic mass is 32.2. The molecule has 0 aliphatic carbocycles. The average molecular weight is 515 g/mol. The zero-order chi connectivity index (χ0) is 26.5. The highest BCUT2D eigenvalue weighted by Crippen LogP contribution is 2.43. The number of fused-ring (bicyclic) bond motifs is 2. The van der Waals surface area contributed by atoms with Crippen LogP contribution in [0, 0.1) is 0 Å². The number of carbonyl (C=O) groups is 2. The minimum Gasteiger partial charge on any atom is -0.488 e. The van der Waals surface area contributed by atoms with Crippen LogP contribution in [0.3, 0.4) is 0 Å². The van der Waals surface area contributed by atoms with Crippen LogP contribution >= 0.6 is 0 Å². The highest BCUT2D eigenvalue weighted by molar-refractivity contribution is 7.85. The average Bonchev–Trinajstić information content (AvgIpc) is 2.84. The van der Waals surface area contributed by atoms with Crippen molar-refractivity contribution in [2.45, 2.75) is 31.0 Å². The minimum atomic E-state index is -4.51. The molecular formula is C26H26O9S. The fourth-order valence-corrected chi connectivity index (χ4v) is 4.02. The number of carbonyl (C=O) groups excluding carboxylic acids is 2. The van der Waals surface area contributed by atoms with Crippen LogP contribution in [0.15, 0.2) is 72.7 Å². The number of hydrogen-bond donors (Lipinski definition) is 1. The van der Waals surface area contributed by atoms with Gasteiger partial charge >= 0.3 is 11.9 Å². The van der Waals surface area contributed by atoms with Crippen LogP contribution in [0.2, 0.25) is 0 Å². The van der Waals surface area contributed by atoms with E-state index >= 15 is 0 Å². The minimum absolute atomic E-state index is 0.00741. The molecule has 190 valence electrons. The Kier molecular flexibility index (Phi) is 8.33. The second kappa shape index (κ2) is 11.2. The third-order valence-electron chi connectivity index (χ3n) is 5.09. The molecule has 0 amide bonds. The Hall–Kier alpha value is -3.89. The van der Waals surface area contributed by atoms with Crippen molar-refractivity contribution in [3.63, 3.8) is 0 Å². The normalized spacial score (nSPS) is 13.0. The summed E-state index contributed by atoms with van der Waals surface area (Å²) in [5.74, 6) is -0.480. The van der Waals surface area contributed by atoms with Gasteiger partial charge in [-0.2, -0.15) is 8.42 Å². The lowest BCUT2D eigenvalue weighted by molar-refractivity contribution is -0.144. The molecule has 0 saturated carbocycles. The molecule has 3 aromatic carbocycles. The summed E-state index contributed by atoms with van der Waals surface area (Å²) in [6, 6.07) is 11.2. The summed E-state index contributed by atoms with van der Waals surface area (Å²) in [5, 5.41) is 2.08. The number of esters is 2. The maximum Gasteiger partial charge on any atom is 0.330 e. The Morgan fingerprint density at radius 2 is 1.28 bits per heavy atom. The monoisotopic (exact) mass is 514 g/mol. The van der Waals surface area contributed by atoms with Crippen LogP contribution in [0.4, 0.5) is 0 Å². The van der Waals surface area contributed by atoms with Crippen molar-refractivity contribution < 1.29 is 41.5 Å². The van der Waals surface area contributed by atoms with E-state index in [2.05, 4.69) is 13.2 Å². The third kappa shape index (κ3) is 6.21. The number of benzene rings is 3. The summed E-state index contributed by atoms with van der Waals surface area (Å²) >= 11 is 0. The fraction of sp³-hybridized carbons (Fsp3) is 0.231. The van der Waals surface area contributed by atoms with E-state index in [4.69, 9.17) is 18.9 Å². The molecule has 9 nitrogen and oxygen atoms in total. The summed E-state index contributed by atoms with van der Waals surface area (Å²) in [7, 11) is -4.51. The first kappa shape index (κ1) is 26.7. The molecule has 2 unspecified atom stereocenters. The summed E-state index contributed by atoms with van der Waals surface area (Å²) in [5.41, 5.74) is 0. The molecule has 0 spiro atoms. The van der Waals surface area contributed by atoms with Crippen LogP contribution in [0.5, 0.6) is 11.5 Å². The second-order valence-corrected chi connectivity index (χ2v) is 9.33. The van der Waals surface area contributed by atoms with E-state index in [0.717, 1.165) is 12.2 Å². The van der Waals surface area contributed by atoms with Crippen molar-refractivity contribution >= 4 is 43.6 Å². The molecule has 0 fully saturated rings. The lowest BCUT2D eigenvalue weighted by Gasteiger charge is -2.21. The molecule has 0 saturated heterocycles. The second-order valence-electron chi connectivity index (χ2n) is 7.91. The lowest BCUT2D eigenvalue weighted by Crippen LogP contribution is -2.21. The predicted octanol–water partition coefficient (Wildman–Crippen LogP) is 4.23. The van der Waals surface area contributed by atoms with Gasteiger partial charge in [0.05, 0.1) is 4.90 Å². The summed E-state index contributed by atoms with van der Waals surface area (Å²) in [4.78, 5) is 22.7. The molecule has 0 aliphatic heterocycles. The number of ether oxygens (including phenoxy) is 4. The van der Waals surface area contributed by atoms with Crippen molar-refractivity contribution in [1.82, 2.24) is 0 Å². The van der Waals surface area contributed by atoms with Crippen LogP contribution in [0.25, 0.3) is 21.5 Å². The first-order valence-corrected chi connectivity index (χ1v) is 12.4. The van der Waals surface area contributed by atoms with Crippen molar-refractivity contribution in [2.24, 2.45) is 0 Å². The van der Waals surface area contributed by atoms with Crippen molar-refractivity contribution in [3.05, 3.63) is 67.8 Å². The molecule has 1 N–H and O–H groups in total. The maximum atomic E-state index is 11.9. The third-order valence-corrected chi connectivity index (χ3v) is 5.94. The Labute approximate surface area is 208 Å². The zero-order valence-electron chi connectivity index (χ0n) is 19.8. The van der Waals surface area contributed by atoms with E-state index in [9.17, 15) is 22.6 Å². The molecule has 0 aromatic heterocycles. The largest absolute Gasteiger partial charge is 0.488 e.